The number of aromatic nitrogens is 2. The molecule has 0 fully saturated rings. The summed E-state index contributed by atoms with van der Waals surface area (Å²) in [6.07, 6.45) is 3.16. The average Bonchev–Trinajstić information content (AvgIpc) is 3.14. The van der Waals surface area contributed by atoms with Crippen molar-refractivity contribution in [2.24, 2.45) is 10.8 Å². The van der Waals surface area contributed by atoms with Gasteiger partial charge in [0, 0.05) is 10.7 Å². The predicted molar refractivity (Wildman–Crippen MR) is 126 cm³/mol. The van der Waals surface area contributed by atoms with E-state index in [1.807, 2.05) is 24.3 Å². The summed E-state index contributed by atoms with van der Waals surface area (Å²) in [5.74, 6) is -0.311. The number of rotatable bonds is 9. The molecule has 0 aliphatic heterocycles. The zero-order chi connectivity index (χ0) is 23.1. The van der Waals surface area contributed by atoms with Gasteiger partial charge in [0.1, 0.15) is 0 Å². The minimum atomic E-state index is -0.608. The molecule has 0 aliphatic carbocycles. The van der Waals surface area contributed by atoms with E-state index in [-0.39, 0.29) is 12.3 Å². The highest BCUT2D eigenvalue weighted by atomic mass is 79.9. The standard InChI is InChI=1S/C21H19Br2N5O4/c1-31-17-7-4-14(8-18(17)32-12-19(24)29)9-25-26-21(30)20-16(23)11-28(27-20)10-13-2-5-15(22)6-3-13/h2-9,11H,10,12H2,1H3,(H2,24,29)(H,26,30)/b25-9+. The van der Waals surface area contributed by atoms with Crippen LogP contribution in [0.4, 0.5) is 0 Å². The number of methoxy groups -OCH3 is 1. The van der Waals surface area contributed by atoms with Crippen LogP contribution in [0.15, 0.2) is 62.7 Å². The third kappa shape index (κ3) is 6.41. The predicted octanol–water partition coefficient (Wildman–Crippen LogP) is 3.09. The van der Waals surface area contributed by atoms with E-state index in [0.717, 1.165) is 10.0 Å². The Balaban J connectivity index is 1.65. The van der Waals surface area contributed by atoms with E-state index < -0.39 is 11.8 Å². The molecule has 32 heavy (non-hydrogen) atoms. The summed E-state index contributed by atoms with van der Waals surface area (Å²) in [6, 6.07) is 12.8. The molecule has 0 bridgehead atoms. The van der Waals surface area contributed by atoms with Crippen LogP contribution in [0.25, 0.3) is 0 Å². The van der Waals surface area contributed by atoms with Crippen LogP contribution in [0.3, 0.4) is 0 Å². The molecule has 11 heteroatoms. The van der Waals surface area contributed by atoms with Crippen LogP contribution >= 0.6 is 31.9 Å². The Hall–Kier alpha value is -3.18. The molecular weight excluding hydrogens is 546 g/mol. The number of hydrazone groups is 1. The Morgan fingerprint density at radius 2 is 1.94 bits per heavy atom. The van der Waals surface area contributed by atoms with Gasteiger partial charge >= 0.3 is 0 Å². The quantitative estimate of drug-likeness (QED) is 0.305. The van der Waals surface area contributed by atoms with Crippen molar-refractivity contribution in [3.8, 4) is 11.5 Å². The van der Waals surface area contributed by atoms with E-state index in [2.05, 4.69) is 47.5 Å². The lowest BCUT2D eigenvalue weighted by Gasteiger charge is -2.09. The Kier molecular flexibility index (Phi) is 8.01. The maximum absolute atomic E-state index is 12.5. The summed E-state index contributed by atoms with van der Waals surface area (Å²) in [5.41, 5.74) is 9.42. The fourth-order valence-corrected chi connectivity index (χ4v) is 3.42. The first-order valence-electron chi connectivity index (χ1n) is 9.25. The van der Waals surface area contributed by atoms with Crippen LogP contribution in [0, 0.1) is 0 Å². The van der Waals surface area contributed by atoms with E-state index in [1.54, 1.807) is 29.1 Å². The molecule has 166 valence electrons. The molecule has 1 aromatic heterocycles. The minimum absolute atomic E-state index is 0.208. The van der Waals surface area contributed by atoms with Gasteiger partial charge in [0.05, 0.1) is 24.3 Å². The van der Waals surface area contributed by atoms with E-state index in [0.29, 0.717) is 28.1 Å². The Bertz CT molecular complexity index is 1150. The highest BCUT2D eigenvalue weighted by Crippen LogP contribution is 2.27. The lowest BCUT2D eigenvalue weighted by atomic mass is 10.2. The largest absolute Gasteiger partial charge is 0.493 e. The number of nitrogens with one attached hydrogen (secondary N) is 1. The second-order valence-electron chi connectivity index (χ2n) is 6.51. The van der Waals surface area contributed by atoms with Crippen molar-refractivity contribution >= 4 is 49.9 Å². The normalized spacial score (nSPS) is 10.8. The molecule has 9 nitrogen and oxygen atoms in total. The first kappa shape index (κ1) is 23.5. The van der Waals surface area contributed by atoms with Gasteiger partial charge in [-0.15, -0.1) is 0 Å². The molecule has 0 aliphatic rings. The van der Waals surface area contributed by atoms with Crippen molar-refractivity contribution in [2.75, 3.05) is 13.7 Å². The number of halogens is 2. The van der Waals surface area contributed by atoms with Crippen molar-refractivity contribution in [3.05, 3.63) is 74.4 Å². The Labute approximate surface area is 200 Å². The molecule has 0 radical (unpaired) electrons. The monoisotopic (exact) mass is 563 g/mol. The van der Waals surface area contributed by atoms with Crippen molar-refractivity contribution < 1.29 is 19.1 Å². The first-order chi connectivity index (χ1) is 15.4. The van der Waals surface area contributed by atoms with E-state index in [9.17, 15) is 9.59 Å². The number of ether oxygens (including phenoxy) is 2. The summed E-state index contributed by atoms with van der Waals surface area (Å²) in [7, 11) is 1.48. The fourth-order valence-electron chi connectivity index (χ4n) is 2.66. The van der Waals surface area contributed by atoms with Crippen LogP contribution in [0.1, 0.15) is 21.6 Å². The minimum Gasteiger partial charge on any atom is -0.493 e. The molecule has 0 unspecified atom stereocenters. The molecule has 0 spiro atoms. The third-order valence-electron chi connectivity index (χ3n) is 4.13. The summed E-state index contributed by atoms with van der Waals surface area (Å²) in [5, 5.41) is 8.29. The van der Waals surface area contributed by atoms with Crippen molar-refractivity contribution in [1.82, 2.24) is 15.2 Å². The summed E-state index contributed by atoms with van der Waals surface area (Å²) >= 11 is 6.77. The average molecular weight is 565 g/mol. The van der Waals surface area contributed by atoms with Crippen LogP contribution in [0.2, 0.25) is 0 Å². The number of amides is 2. The maximum Gasteiger partial charge on any atom is 0.293 e. The highest BCUT2D eigenvalue weighted by molar-refractivity contribution is 9.10. The van der Waals surface area contributed by atoms with Gasteiger partial charge in [0.15, 0.2) is 23.8 Å². The summed E-state index contributed by atoms with van der Waals surface area (Å²) < 4.78 is 13.7. The van der Waals surface area contributed by atoms with Gasteiger partial charge in [-0.3, -0.25) is 14.3 Å². The fraction of sp³-hybridized carbons (Fsp3) is 0.143. The molecule has 0 saturated heterocycles. The highest BCUT2D eigenvalue weighted by Gasteiger charge is 2.15. The topological polar surface area (TPSA) is 121 Å². The van der Waals surface area contributed by atoms with E-state index >= 15 is 0 Å². The molecule has 3 rings (SSSR count). The second kappa shape index (κ2) is 10.9. The molecule has 2 aromatic carbocycles. The van der Waals surface area contributed by atoms with Crippen LogP contribution in [0.5, 0.6) is 11.5 Å². The first-order valence-corrected chi connectivity index (χ1v) is 10.8. The number of primary amides is 1. The van der Waals surface area contributed by atoms with Gasteiger partial charge in [-0.05, 0) is 57.4 Å². The van der Waals surface area contributed by atoms with Gasteiger partial charge < -0.3 is 15.2 Å². The molecule has 0 atom stereocenters. The smallest absolute Gasteiger partial charge is 0.293 e. The maximum atomic E-state index is 12.5. The number of carbonyl (C=O) groups excluding carboxylic acids is 2. The number of carbonyl (C=O) groups is 2. The number of hydrogen-bond donors (Lipinski definition) is 2. The number of nitrogens with zero attached hydrogens (tertiary/aromatic N) is 3. The number of benzene rings is 2. The lowest BCUT2D eigenvalue weighted by molar-refractivity contribution is -0.119. The van der Waals surface area contributed by atoms with Gasteiger partial charge in [0.2, 0.25) is 0 Å². The van der Waals surface area contributed by atoms with Crippen molar-refractivity contribution in [3.63, 3.8) is 0 Å². The van der Waals surface area contributed by atoms with Crippen molar-refractivity contribution in [2.45, 2.75) is 6.54 Å². The van der Waals surface area contributed by atoms with Crippen LogP contribution < -0.4 is 20.6 Å². The Morgan fingerprint density at radius 3 is 2.62 bits per heavy atom. The molecule has 0 saturated carbocycles. The number of nitrogens with two attached hydrogens (primary N) is 1. The molecular formula is C21H19Br2N5O4. The van der Waals surface area contributed by atoms with Crippen molar-refractivity contribution in [1.29, 1.82) is 0 Å². The van der Waals surface area contributed by atoms with Crippen LogP contribution in [-0.2, 0) is 11.3 Å². The molecule has 2 amide bonds. The second-order valence-corrected chi connectivity index (χ2v) is 8.28. The van der Waals surface area contributed by atoms with Gasteiger partial charge in [-0.2, -0.15) is 10.2 Å². The lowest BCUT2D eigenvalue weighted by Crippen LogP contribution is -2.20. The SMILES string of the molecule is COc1ccc(/C=N/NC(=O)c2nn(Cc3ccc(Br)cc3)cc2Br)cc1OCC(N)=O. The summed E-state index contributed by atoms with van der Waals surface area (Å²) in [4.78, 5) is 23.4. The molecule has 3 N–H and O–H groups in total. The third-order valence-corrected chi connectivity index (χ3v) is 5.24. The Morgan fingerprint density at radius 1 is 1.19 bits per heavy atom. The number of hydrogen-bond acceptors (Lipinski definition) is 6. The summed E-state index contributed by atoms with van der Waals surface area (Å²) in [6.45, 7) is 0.229. The zero-order valence-corrected chi connectivity index (χ0v) is 20.1. The zero-order valence-electron chi connectivity index (χ0n) is 16.9. The van der Waals surface area contributed by atoms with E-state index in [1.165, 1.54) is 13.3 Å². The molecule has 1 heterocycles. The van der Waals surface area contributed by atoms with E-state index in [4.69, 9.17) is 15.2 Å². The van der Waals surface area contributed by atoms with Gasteiger partial charge in [-0.1, -0.05) is 28.1 Å². The molecule has 3 aromatic rings. The van der Waals surface area contributed by atoms with Gasteiger partial charge in [-0.25, -0.2) is 5.43 Å². The van der Waals surface area contributed by atoms with Gasteiger partial charge in [0.25, 0.3) is 11.8 Å². The van der Waals surface area contributed by atoms with Crippen LogP contribution in [-0.4, -0.2) is 41.5 Å².